The maximum Gasteiger partial charge on any atom is 0.0754 e. The van der Waals surface area contributed by atoms with Crippen LogP contribution >= 0.6 is 0 Å². The first-order chi connectivity index (χ1) is 20.8. The van der Waals surface area contributed by atoms with Crippen LogP contribution in [0.3, 0.4) is 0 Å². The van der Waals surface area contributed by atoms with E-state index < -0.39 is 0 Å². The fourth-order valence-corrected chi connectivity index (χ4v) is 9.12. The minimum Gasteiger partial charge on any atom is -0.345 e. The average molecular weight is 577 g/mol. The Bertz CT molecular complexity index is 1450. The summed E-state index contributed by atoms with van der Waals surface area (Å²) in [4.78, 5) is 7.50. The summed E-state index contributed by atoms with van der Waals surface area (Å²) in [6, 6.07) is 12.0. The number of allylic oxidation sites excluding steroid dienone is 1. The van der Waals surface area contributed by atoms with Crippen LogP contribution in [0.1, 0.15) is 120 Å². The average Bonchev–Trinajstić information content (AvgIpc) is 3.55. The molecule has 2 heterocycles. The number of aromatic nitrogens is 3. The second-order valence-electron chi connectivity index (χ2n) is 15.1. The molecule has 228 valence electrons. The molecule has 3 aromatic rings. The van der Waals surface area contributed by atoms with Crippen molar-refractivity contribution in [1.29, 1.82) is 0 Å². The summed E-state index contributed by atoms with van der Waals surface area (Å²) in [5.74, 6) is 0.592. The number of hydrogen-bond donors (Lipinski definition) is 0. The third-order valence-electron chi connectivity index (χ3n) is 12.6. The molecule has 2 bridgehead atoms. The van der Waals surface area contributed by atoms with Gasteiger partial charge in [0, 0.05) is 35.9 Å². The van der Waals surface area contributed by atoms with Gasteiger partial charge in [-0.2, -0.15) is 5.10 Å². The molecular formula is C39H52N4. The highest BCUT2D eigenvalue weighted by Gasteiger charge is 2.50. The van der Waals surface area contributed by atoms with Gasteiger partial charge in [-0.15, -0.1) is 0 Å². The van der Waals surface area contributed by atoms with Crippen LogP contribution in [0, 0.1) is 18.3 Å². The van der Waals surface area contributed by atoms with Gasteiger partial charge in [-0.05, 0) is 136 Å². The summed E-state index contributed by atoms with van der Waals surface area (Å²) in [7, 11) is 0. The van der Waals surface area contributed by atoms with Crippen molar-refractivity contribution in [2.24, 2.45) is 11.3 Å². The van der Waals surface area contributed by atoms with Gasteiger partial charge in [0.25, 0.3) is 0 Å². The highest BCUT2D eigenvalue weighted by Crippen LogP contribution is 2.58. The maximum atomic E-state index is 4.85. The number of hydrogen-bond acceptors (Lipinski definition) is 3. The Morgan fingerprint density at radius 2 is 1.70 bits per heavy atom. The molecule has 5 fully saturated rings. The lowest BCUT2D eigenvalue weighted by Gasteiger charge is -2.55. The maximum absolute atomic E-state index is 4.85. The van der Waals surface area contributed by atoms with E-state index in [-0.39, 0.29) is 5.54 Å². The Labute approximate surface area is 260 Å². The lowest BCUT2D eigenvalue weighted by Crippen LogP contribution is -2.49. The Morgan fingerprint density at radius 3 is 2.35 bits per heavy atom. The molecule has 0 N–H and O–H groups in total. The van der Waals surface area contributed by atoms with E-state index in [1.807, 2.05) is 12.4 Å². The summed E-state index contributed by atoms with van der Waals surface area (Å²) in [6.45, 7) is 12.8. The fourth-order valence-electron chi connectivity index (χ4n) is 9.12. The van der Waals surface area contributed by atoms with Gasteiger partial charge in [-0.25, -0.2) is 0 Å². The minimum absolute atomic E-state index is 0.171. The van der Waals surface area contributed by atoms with Gasteiger partial charge in [-0.1, -0.05) is 51.0 Å². The van der Waals surface area contributed by atoms with E-state index in [0.29, 0.717) is 16.7 Å². The zero-order chi connectivity index (χ0) is 29.7. The predicted molar refractivity (Wildman–Crippen MR) is 178 cm³/mol. The highest BCUT2D eigenvalue weighted by molar-refractivity contribution is 5.65. The SMILES string of the molecule is C=C(C1CCCCC1)N(CC12CCC(c3ccc(CC)c(C)c3)(CC1)CC2)c1ccnc(-c2cnn(C3(C)CCC3)c2)c1. The molecule has 43 heavy (non-hydrogen) atoms. The molecule has 5 aliphatic rings. The van der Waals surface area contributed by atoms with Crippen molar-refractivity contribution in [1.82, 2.24) is 14.8 Å². The number of rotatable bonds is 9. The van der Waals surface area contributed by atoms with Crippen LogP contribution in [0.4, 0.5) is 5.69 Å². The van der Waals surface area contributed by atoms with Crippen molar-refractivity contribution in [3.63, 3.8) is 0 Å². The molecule has 5 aliphatic carbocycles. The van der Waals surface area contributed by atoms with E-state index in [9.17, 15) is 0 Å². The van der Waals surface area contributed by atoms with E-state index in [2.05, 4.69) is 66.9 Å². The summed E-state index contributed by atoms with van der Waals surface area (Å²) in [5.41, 5.74) is 10.3. The van der Waals surface area contributed by atoms with Crippen molar-refractivity contribution in [2.75, 3.05) is 11.4 Å². The van der Waals surface area contributed by atoms with E-state index in [1.54, 1.807) is 5.56 Å². The molecule has 4 heteroatoms. The fraction of sp³-hybridized carbons (Fsp3) is 0.590. The molecule has 5 saturated carbocycles. The zero-order valence-electron chi connectivity index (χ0n) is 27.0. The molecule has 0 aliphatic heterocycles. The number of nitrogens with zero attached hydrogens (tertiary/aromatic N) is 4. The van der Waals surface area contributed by atoms with Crippen molar-refractivity contribution in [3.05, 3.63) is 77.9 Å². The van der Waals surface area contributed by atoms with E-state index in [4.69, 9.17) is 16.7 Å². The Kier molecular flexibility index (Phi) is 7.54. The van der Waals surface area contributed by atoms with Crippen LogP contribution in [-0.4, -0.2) is 21.3 Å². The summed E-state index contributed by atoms with van der Waals surface area (Å²) < 4.78 is 2.19. The van der Waals surface area contributed by atoms with Crippen molar-refractivity contribution in [2.45, 2.75) is 128 Å². The van der Waals surface area contributed by atoms with Crippen LogP contribution in [0.5, 0.6) is 0 Å². The monoisotopic (exact) mass is 576 g/mol. The summed E-state index contributed by atoms with van der Waals surface area (Å²) in [6.07, 6.45) is 25.6. The predicted octanol–water partition coefficient (Wildman–Crippen LogP) is 9.91. The minimum atomic E-state index is 0.171. The third-order valence-corrected chi connectivity index (χ3v) is 12.6. The molecule has 0 amide bonds. The number of pyridine rings is 1. The highest BCUT2D eigenvalue weighted by atomic mass is 15.3. The van der Waals surface area contributed by atoms with Crippen LogP contribution in [0.25, 0.3) is 11.3 Å². The first-order valence-electron chi connectivity index (χ1n) is 17.4. The number of anilines is 1. The molecule has 4 nitrogen and oxygen atoms in total. The first kappa shape index (κ1) is 28.9. The summed E-state index contributed by atoms with van der Waals surface area (Å²) in [5, 5.41) is 4.78. The molecule has 2 aromatic heterocycles. The third kappa shape index (κ3) is 5.27. The van der Waals surface area contributed by atoms with E-state index in [0.717, 1.165) is 24.2 Å². The van der Waals surface area contributed by atoms with Crippen molar-refractivity contribution in [3.8, 4) is 11.3 Å². The molecule has 0 spiro atoms. The lowest BCUT2D eigenvalue weighted by atomic mass is 9.51. The smallest absolute Gasteiger partial charge is 0.0754 e. The Hall–Kier alpha value is -2.88. The van der Waals surface area contributed by atoms with Gasteiger partial charge < -0.3 is 4.90 Å². The largest absolute Gasteiger partial charge is 0.345 e. The standard InChI is InChI=1S/C39H52N4/c1-5-31-12-13-34(24-29(31)2)39-20-17-38(18-21-39,19-22-39)28-42(30(3)32-10-7-6-8-11-32)35-14-23-40-36(25-35)33-26-41-43(27-33)37(4)15-9-16-37/h12-14,23-27,32H,3,5-11,15-22,28H2,1-2,4H3. The first-order valence-corrected chi connectivity index (χ1v) is 17.4. The molecule has 1 aromatic carbocycles. The molecule has 0 radical (unpaired) electrons. The van der Waals surface area contributed by atoms with Gasteiger partial charge >= 0.3 is 0 Å². The molecule has 0 unspecified atom stereocenters. The van der Waals surface area contributed by atoms with Gasteiger partial charge in [0.15, 0.2) is 0 Å². The van der Waals surface area contributed by atoms with Gasteiger partial charge in [0.1, 0.15) is 0 Å². The van der Waals surface area contributed by atoms with Crippen molar-refractivity contribution >= 4 is 5.69 Å². The summed E-state index contributed by atoms with van der Waals surface area (Å²) >= 11 is 0. The van der Waals surface area contributed by atoms with Crippen molar-refractivity contribution < 1.29 is 0 Å². The van der Waals surface area contributed by atoms with Crippen LogP contribution in [-0.2, 0) is 17.4 Å². The molecular weight excluding hydrogens is 524 g/mol. The molecule has 0 atom stereocenters. The van der Waals surface area contributed by atoms with Crippen LogP contribution in [0.15, 0.2) is 61.2 Å². The van der Waals surface area contributed by atoms with E-state index >= 15 is 0 Å². The lowest BCUT2D eigenvalue weighted by molar-refractivity contribution is 0.0460. The Morgan fingerprint density at radius 1 is 0.953 bits per heavy atom. The van der Waals surface area contributed by atoms with E-state index in [1.165, 1.54) is 112 Å². The van der Waals surface area contributed by atoms with Gasteiger partial charge in [-0.3, -0.25) is 9.67 Å². The number of fused-ring (bicyclic) bond motifs is 3. The van der Waals surface area contributed by atoms with Gasteiger partial charge in [0.2, 0.25) is 0 Å². The second kappa shape index (κ2) is 11.2. The normalized spacial score (nSPS) is 26.7. The second-order valence-corrected chi connectivity index (χ2v) is 15.1. The number of aryl methyl sites for hydroxylation is 2. The number of benzene rings is 1. The van der Waals surface area contributed by atoms with Crippen LogP contribution < -0.4 is 4.90 Å². The molecule has 0 saturated heterocycles. The topological polar surface area (TPSA) is 34.0 Å². The van der Waals surface area contributed by atoms with Gasteiger partial charge in [0.05, 0.1) is 17.4 Å². The molecule has 8 rings (SSSR count). The van der Waals surface area contributed by atoms with Crippen LogP contribution in [0.2, 0.25) is 0 Å². The quantitative estimate of drug-likeness (QED) is 0.254. The Balaban J connectivity index is 1.15. The zero-order valence-corrected chi connectivity index (χ0v) is 27.0.